The smallest absolute Gasteiger partial charge is 0.242 e. The van der Waals surface area contributed by atoms with Crippen LogP contribution in [0.3, 0.4) is 0 Å². The maximum Gasteiger partial charge on any atom is 0.242 e. The molecule has 0 aromatic heterocycles. The summed E-state index contributed by atoms with van der Waals surface area (Å²) in [5.41, 5.74) is 7.04. The third kappa shape index (κ3) is 3.17. The second-order valence-electron chi connectivity index (χ2n) is 5.10. The quantitative estimate of drug-likeness (QED) is 0.829. The first-order chi connectivity index (χ1) is 9.63. The van der Waals surface area contributed by atoms with E-state index in [0.717, 1.165) is 12.0 Å². The molecule has 1 aromatic carbocycles. The SMILES string of the molecule is CNC(=O)[C@@H]1CCCN1C(=O)[C@@H](N)Cc1ccccc1. The zero-order chi connectivity index (χ0) is 14.5. The number of rotatable bonds is 4. The summed E-state index contributed by atoms with van der Waals surface area (Å²) in [7, 11) is 1.59. The second kappa shape index (κ2) is 6.52. The number of nitrogens with one attached hydrogen (secondary N) is 1. The summed E-state index contributed by atoms with van der Waals surface area (Å²) in [6.45, 7) is 0.611. The molecule has 0 aliphatic carbocycles. The molecule has 2 rings (SSSR count). The normalized spacial score (nSPS) is 19.7. The number of carbonyl (C=O) groups excluding carboxylic acids is 2. The van der Waals surface area contributed by atoms with E-state index in [4.69, 9.17) is 5.73 Å². The minimum absolute atomic E-state index is 0.109. The van der Waals surface area contributed by atoms with Crippen LogP contribution in [0.4, 0.5) is 0 Å². The van der Waals surface area contributed by atoms with E-state index in [9.17, 15) is 9.59 Å². The van der Waals surface area contributed by atoms with Crippen LogP contribution < -0.4 is 11.1 Å². The van der Waals surface area contributed by atoms with Crippen LogP contribution in [0.2, 0.25) is 0 Å². The molecule has 3 N–H and O–H groups in total. The summed E-state index contributed by atoms with van der Waals surface area (Å²) in [6, 6.07) is 8.72. The Morgan fingerprint density at radius 3 is 2.75 bits per heavy atom. The fourth-order valence-corrected chi connectivity index (χ4v) is 2.64. The van der Waals surface area contributed by atoms with Gasteiger partial charge >= 0.3 is 0 Å². The maximum absolute atomic E-state index is 12.4. The lowest BCUT2D eigenvalue weighted by Crippen LogP contribution is -2.51. The molecule has 5 heteroatoms. The second-order valence-corrected chi connectivity index (χ2v) is 5.10. The number of likely N-dealkylation sites (N-methyl/N-ethyl adjacent to an activating group) is 1. The van der Waals surface area contributed by atoms with E-state index in [-0.39, 0.29) is 17.9 Å². The van der Waals surface area contributed by atoms with Crippen molar-refractivity contribution in [2.24, 2.45) is 5.73 Å². The number of amides is 2. The van der Waals surface area contributed by atoms with Crippen molar-refractivity contribution in [3.63, 3.8) is 0 Å². The Kier molecular flexibility index (Phi) is 4.74. The molecule has 2 amide bonds. The zero-order valence-electron chi connectivity index (χ0n) is 11.7. The predicted octanol–water partition coefficient (Wildman–Crippen LogP) is 0.293. The summed E-state index contributed by atoms with van der Waals surface area (Å²) >= 11 is 0. The molecule has 1 saturated heterocycles. The minimum atomic E-state index is -0.595. The highest BCUT2D eigenvalue weighted by Gasteiger charge is 2.35. The number of hydrogen-bond donors (Lipinski definition) is 2. The Morgan fingerprint density at radius 1 is 1.40 bits per heavy atom. The Hall–Kier alpha value is -1.88. The monoisotopic (exact) mass is 275 g/mol. The topological polar surface area (TPSA) is 75.4 Å². The number of nitrogens with zero attached hydrogens (tertiary/aromatic N) is 1. The summed E-state index contributed by atoms with van der Waals surface area (Å²) in [6.07, 6.45) is 2.06. The van der Waals surface area contributed by atoms with Gasteiger partial charge in [-0.15, -0.1) is 0 Å². The lowest BCUT2D eigenvalue weighted by molar-refractivity contribution is -0.139. The molecule has 0 radical (unpaired) electrons. The summed E-state index contributed by atoms with van der Waals surface area (Å²) in [5.74, 6) is -0.247. The zero-order valence-corrected chi connectivity index (χ0v) is 11.7. The minimum Gasteiger partial charge on any atom is -0.357 e. The van der Waals surface area contributed by atoms with E-state index in [1.807, 2.05) is 30.3 Å². The Morgan fingerprint density at radius 2 is 2.10 bits per heavy atom. The van der Waals surface area contributed by atoms with Gasteiger partial charge in [-0.2, -0.15) is 0 Å². The van der Waals surface area contributed by atoms with Crippen molar-refractivity contribution in [2.75, 3.05) is 13.6 Å². The molecule has 20 heavy (non-hydrogen) atoms. The van der Waals surface area contributed by atoms with Crippen molar-refractivity contribution >= 4 is 11.8 Å². The van der Waals surface area contributed by atoms with Gasteiger partial charge < -0.3 is 16.0 Å². The van der Waals surface area contributed by atoms with Crippen LogP contribution in [-0.4, -0.2) is 42.4 Å². The van der Waals surface area contributed by atoms with Gasteiger partial charge in [-0.25, -0.2) is 0 Å². The van der Waals surface area contributed by atoms with Crippen LogP contribution in [-0.2, 0) is 16.0 Å². The van der Waals surface area contributed by atoms with Gasteiger partial charge in [0, 0.05) is 13.6 Å². The van der Waals surface area contributed by atoms with E-state index in [0.29, 0.717) is 19.4 Å². The van der Waals surface area contributed by atoms with E-state index >= 15 is 0 Å². The lowest BCUT2D eigenvalue weighted by Gasteiger charge is -2.26. The van der Waals surface area contributed by atoms with Gasteiger partial charge in [0.05, 0.1) is 6.04 Å². The molecular weight excluding hydrogens is 254 g/mol. The van der Waals surface area contributed by atoms with E-state index in [2.05, 4.69) is 5.32 Å². The molecule has 0 spiro atoms. The Balaban J connectivity index is 2.01. The average Bonchev–Trinajstić information content (AvgIpc) is 2.96. The molecule has 0 bridgehead atoms. The van der Waals surface area contributed by atoms with E-state index in [1.54, 1.807) is 11.9 Å². The van der Waals surface area contributed by atoms with Gasteiger partial charge in [-0.05, 0) is 24.8 Å². The first kappa shape index (κ1) is 14.5. The summed E-state index contributed by atoms with van der Waals surface area (Å²) in [4.78, 5) is 25.8. The van der Waals surface area contributed by atoms with Gasteiger partial charge in [0.15, 0.2) is 0 Å². The molecule has 108 valence electrons. The Bertz CT molecular complexity index is 475. The molecule has 1 heterocycles. The van der Waals surface area contributed by atoms with Crippen LogP contribution in [0.15, 0.2) is 30.3 Å². The fourth-order valence-electron chi connectivity index (χ4n) is 2.64. The maximum atomic E-state index is 12.4. The number of likely N-dealkylation sites (tertiary alicyclic amines) is 1. The van der Waals surface area contributed by atoms with Crippen molar-refractivity contribution < 1.29 is 9.59 Å². The number of nitrogens with two attached hydrogens (primary N) is 1. The molecule has 5 nitrogen and oxygen atoms in total. The van der Waals surface area contributed by atoms with Gasteiger partial charge in [0.1, 0.15) is 6.04 Å². The van der Waals surface area contributed by atoms with E-state index in [1.165, 1.54) is 0 Å². The number of hydrogen-bond acceptors (Lipinski definition) is 3. The number of benzene rings is 1. The van der Waals surface area contributed by atoms with Crippen LogP contribution in [0, 0.1) is 0 Å². The van der Waals surface area contributed by atoms with Crippen molar-refractivity contribution in [1.82, 2.24) is 10.2 Å². The third-order valence-electron chi connectivity index (χ3n) is 3.70. The number of carbonyl (C=O) groups is 2. The van der Waals surface area contributed by atoms with Crippen molar-refractivity contribution in [1.29, 1.82) is 0 Å². The first-order valence-electron chi connectivity index (χ1n) is 6.95. The van der Waals surface area contributed by atoms with Gasteiger partial charge in [-0.1, -0.05) is 30.3 Å². The molecule has 1 aliphatic rings. The van der Waals surface area contributed by atoms with Gasteiger partial charge in [0.25, 0.3) is 0 Å². The fraction of sp³-hybridized carbons (Fsp3) is 0.467. The van der Waals surface area contributed by atoms with Crippen LogP contribution >= 0.6 is 0 Å². The van der Waals surface area contributed by atoms with Crippen molar-refractivity contribution in [2.45, 2.75) is 31.3 Å². The van der Waals surface area contributed by atoms with Crippen molar-refractivity contribution in [3.05, 3.63) is 35.9 Å². The average molecular weight is 275 g/mol. The summed E-state index contributed by atoms with van der Waals surface area (Å²) in [5, 5.41) is 2.61. The molecule has 2 atom stereocenters. The van der Waals surface area contributed by atoms with Gasteiger partial charge in [-0.3, -0.25) is 9.59 Å². The highest BCUT2D eigenvalue weighted by Crippen LogP contribution is 2.19. The molecule has 1 aliphatic heterocycles. The summed E-state index contributed by atoms with van der Waals surface area (Å²) < 4.78 is 0. The largest absolute Gasteiger partial charge is 0.357 e. The van der Waals surface area contributed by atoms with E-state index < -0.39 is 6.04 Å². The molecular formula is C15H21N3O2. The van der Waals surface area contributed by atoms with Crippen LogP contribution in [0.1, 0.15) is 18.4 Å². The molecule has 1 aromatic rings. The van der Waals surface area contributed by atoms with Crippen molar-refractivity contribution in [3.8, 4) is 0 Å². The van der Waals surface area contributed by atoms with Crippen LogP contribution in [0.5, 0.6) is 0 Å². The highest BCUT2D eigenvalue weighted by atomic mass is 16.2. The standard InChI is InChI=1S/C15H21N3O2/c1-17-14(19)13-8-5-9-18(13)15(20)12(16)10-11-6-3-2-4-7-11/h2-4,6-7,12-13H,5,8-10,16H2,1H3,(H,17,19)/t12-,13-/m0/s1. The predicted molar refractivity (Wildman–Crippen MR) is 76.9 cm³/mol. The molecule has 0 saturated carbocycles. The molecule has 1 fully saturated rings. The first-order valence-corrected chi connectivity index (χ1v) is 6.95. The third-order valence-corrected chi connectivity index (χ3v) is 3.70. The Labute approximate surface area is 119 Å². The van der Waals surface area contributed by atoms with Crippen LogP contribution in [0.25, 0.3) is 0 Å². The highest BCUT2D eigenvalue weighted by molar-refractivity contribution is 5.90. The lowest BCUT2D eigenvalue weighted by atomic mass is 10.1. The van der Waals surface area contributed by atoms with Gasteiger partial charge in [0.2, 0.25) is 11.8 Å². The molecule has 0 unspecified atom stereocenters.